The Morgan fingerprint density at radius 3 is 2.73 bits per heavy atom. The van der Waals surface area contributed by atoms with Gasteiger partial charge in [-0.2, -0.15) is 0 Å². The van der Waals surface area contributed by atoms with E-state index in [2.05, 4.69) is 35.2 Å². The number of rotatable bonds is 4. The largest absolute Gasteiger partial charge is 0.468 e. The molecule has 4 rings (SSSR count). The van der Waals surface area contributed by atoms with Gasteiger partial charge in [0.05, 0.1) is 18.7 Å². The molecular formula is C22H26N2O2. The standard InChI is InChI=1S/C22H26N2O2/c25-22(20-8-4-12-23(16-20)17-21-9-5-15-26-21)24-13-10-19(11-14-24)18-6-2-1-3-7-18/h1-3,5-7,9-10,15,20H,4,8,11-14,16-17H2/t20-/m1/s1. The van der Waals surface area contributed by atoms with Gasteiger partial charge in [-0.1, -0.05) is 36.4 Å². The fourth-order valence-corrected chi connectivity index (χ4v) is 4.07. The molecule has 2 aliphatic heterocycles. The minimum atomic E-state index is 0.116. The third kappa shape index (κ3) is 3.91. The van der Waals surface area contributed by atoms with Crippen molar-refractivity contribution in [1.82, 2.24) is 9.80 Å². The maximum Gasteiger partial charge on any atom is 0.227 e. The molecule has 0 bridgehead atoms. The van der Waals surface area contributed by atoms with Crippen LogP contribution in [-0.2, 0) is 11.3 Å². The van der Waals surface area contributed by atoms with Crippen LogP contribution in [0.25, 0.3) is 5.57 Å². The molecule has 2 aromatic rings. The van der Waals surface area contributed by atoms with Crippen molar-refractivity contribution in [1.29, 1.82) is 0 Å². The number of amides is 1. The van der Waals surface area contributed by atoms with E-state index in [0.717, 1.165) is 57.7 Å². The molecule has 0 spiro atoms. The number of piperidine rings is 1. The third-order valence-corrected chi connectivity index (χ3v) is 5.48. The average Bonchev–Trinajstić information content (AvgIpc) is 3.21. The van der Waals surface area contributed by atoms with Crippen LogP contribution in [-0.4, -0.2) is 41.9 Å². The normalized spacial score (nSPS) is 21.5. The molecular weight excluding hydrogens is 324 g/mol. The Kier molecular flexibility index (Phi) is 5.21. The molecule has 3 heterocycles. The second kappa shape index (κ2) is 7.92. The van der Waals surface area contributed by atoms with E-state index >= 15 is 0 Å². The highest BCUT2D eigenvalue weighted by Gasteiger charge is 2.30. The first kappa shape index (κ1) is 17.1. The molecule has 1 aromatic carbocycles. The minimum absolute atomic E-state index is 0.116. The average molecular weight is 350 g/mol. The van der Waals surface area contributed by atoms with E-state index in [-0.39, 0.29) is 5.92 Å². The summed E-state index contributed by atoms with van der Waals surface area (Å²) >= 11 is 0. The van der Waals surface area contributed by atoms with Crippen molar-refractivity contribution in [2.45, 2.75) is 25.8 Å². The number of hydrogen-bond donors (Lipinski definition) is 0. The molecule has 0 aliphatic carbocycles. The number of furan rings is 1. The summed E-state index contributed by atoms with van der Waals surface area (Å²) in [7, 11) is 0. The van der Waals surface area contributed by atoms with Crippen molar-refractivity contribution >= 4 is 11.5 Å². The molecule has 1 fully saturated rings. The summed E-state index contributed by atoms with van der Waals surface area (Å²) in [5.41, 5.74) is 2.64. The van der Waals surface area contributed by atoms with Gasteiger partial charge < -0.3 is 9.32 Å². The quantitative estimate of drug-likeness (QED) is 0.841. The molecule has 1 amide bonds. The van der Waals surface area contributed by atoms with Gasteiger partial charge in [-0.25, -0.2) is 0 Å². The van der Waals surface area contributed by atoms with Crippen molar-refractivity contribution in [3.63, 3.8) is 0 Å². The molecule has 26 heavy (non-hydrogen) atoms. The predicted molar refractivity (Wildman–Crippen MR) is 102 cm³/mol. The van der Waals surface area contributed by atoms with Gasteiger partial charge in [0.1, 0.15) is 5.76 Å². The zero-order valence-electron chi connectivity index (χ0n) is 15.1. The third-order valence-electron chi connectivity index (χ3n) is 5.48. The van der Waals surface area contributed by atoms with Crippen LogP contribution in [0.2, 0.25) is 0 Å². The molecule has 136 valence electrons. The number of nitrogens with zero attached hydrogens (tertiary/aromatic N) is 2. The summed E-state index contributed by atoms with van der Waals surface area (Å²) in [6.45, 7) is 4.24. The Hall–Kier alpha value is -2.33. The summed E-state index contributed by atoms with van der Waals surface area (Å²) in [5.74, 6) is 1.41. The van der Waals surface area contributed by atoms with Gasteiger partial charge in [-0.15, -0.1) is 0 Å². The van der Waals surface area contributed by atoms with E-state index in [4.69, 9.17) is 4.42 Å². The summed E-state index contributed by atoms with van der Waals surface area (Å²) in [4.78, 5) is 17.4. The smallest absolute Gasteiger partial charge is 0.227 e. The van der Waals surface area contributed by atoms with Gasteiger partial charge in [0.25, 0.3) is 0 Å². The molecule has 0 unspecified atom stereocenters. The summed E-state index contributed by atoms with van der Waals surface area (Å²) in [6, 6.07) is 14.4. The van der Waals surface area contributed by atoms with Crippen molar-refractivity contribution in [2.75, 3.05) is 26.2 Å². The van der Waals surface area contributed by atoms with E-state index in [1.54, 1.807) is 6.26 Å². The van der Waals surface area contributed by atoms with E-state index in [0.29, 0.717) is 5.91 Å². The van der Waals surface area contributed by atoms with E-state index in [1.165, 1.54) is 11.1 Å². The van der Waals surface area contributed by atoms with Crippen molar-refractivity contribution in [3.05, 3.63) is 66.1 Å². The first-order valence-corrected chi connectivity index (χ1v) is 9.57. The van der Waals surface area contributed by atoms with Crippen molar-refractivity contribution in [2.24, 2.45) is 5.92 Å². The lowest BCUT2D eigenvalue weighted by Gasteiger charge is -2.35. The molecule has 1 atom stereocenters. The second-order valence-electron chi connectivity index (χ2n) is 7.28. The molecule has 2 aliphatic rings. The Morgan fingerprint density at radius 2 is 2.00 bits per heavy atom. The highest BCUT2D eigenvalue weighted by atomic mass is 16.3. The van der Waals surface area contributed by atoms with Crippen LogP contribution in [0.3, 0.4) is 0 Å². The zero-order valence-corrected chi connectivity index (χ0v) is 15.1. The zero-order chi connectivity index (χ0) is 17.8. The van der Waals surface area contributed by atoms with Gasteiger partial charge in [0.15, 0.2) is 0 Å². The number of carbonyl (C=O) groups is 1. The topological polar surface area (TPSA) is 36.7 Å². The number of carbonyl (C=O) groups excluding carboxylic acids is 1. The maximum atomic E-state index is 13.0. The monoisotopic (exact) mass is 350 g/mol. The lowest BCUT2D eigenvalue weighted by molar-refractivity contribution is -0.137. The van der Waals surface area contributed by atoms with Crippen molar-refractivity contribution < 1.29 is 9.21 Å². The summed E-state index contributed by atoms with van der Waals surface area (Å²) in [6.07, 6.45) is 6.96. The maximum absolute atomic E-state index is 13.0. The van der Waals surface area contributed by atoms with Gasteiger partial charge >= 0.3 is 0 Å². The van der Waals surface area contributed by atoms with E-state index in [1.807, 2.05) is 23.1 Å². The molecule has 0 N–H and O–H groups in total. The minimum Gasteiger partial charge on any atom is -0.468 e. The summed E-state index contributed by atoms with van der Waals surface area (Å²) < 4.78 is 5.46. The molecule has 4 heteroatoms. The second-order valence-corrected chi connectivity index (χ2v) is 7.28. The highest BCUT2D eigenvalue weighted by Crippen LogP contribution is 2.25. The van der Waals surface area contributed by atoms with Crippen LogP contribution in [0.4, 0.5) is 0 Å². The van der Waals surface area contributed by atoms with Crippen molar-refractivity contribution in [3.8, 4) is 0 Å². The fraction of sp³-hybridized carbons (Fsp3) is 0.409. The van der Waals surface area contributed by atoms with Crippen LogP contribution < -0.4 is 0 Å². The van der Waals surface area contributed by atoms with E-state index in [9.17, 15) is 4.79 Å². The van der Waals surface area contributed by atoms with Crippen LogP contribution >= 0.6 is 0 Å². The Morgan fingerprint density at radius 1 is 1.12 bits per heavy atom. The molecule has 1 saturated heterocycles. The Labute approximate surface area is 155 Å². The first-order valence-electron chi connectivity index (χ1n) is 9.57. The number of hydrogen-bond acceptors (Lipinski definition) is 3. The lowest BCUT2D eigenvalue weighted by atomic mass is 9.94. The fourth-order valence-electron chi connectivity index (χ4n) is 4.07. The first-order chi connectivity index (χ1) is 12.8. The van der Waals surface area contributed by atoms with Crippen LogP contribution in [0.5, 0.6) is 0 Å². The van der Waals surface area contributed by atoms with Crippen LogP contribution in [0, 0.1) is 5.92 Å². The Bertz CT molecular complexity index is 752. The van der Waals surface area contributed by atoms with Gasteiger partial charge in [0.2, 0.25) is 5.91 Å². The van der Waals surface area contributed by atoms with Gasteiger partial charge in [-0.05, 0) is 49.1 Å². The molecule has 0 radical (unpaired) electrons. The summed E-state index contributed by atoms with van der Waals surface area (Å²) in [5, 5.41) is 0. The molecule has 1 aromatic heterocycles. The van der Waals surface area contributed by atoms with Crippen LogP contribution in [0.1, 0.15) is 30.6 Å². The number of likely N-dealkylation sites (tertiary alicyclic amines) is 1. The van der Waals surface area contributed by atoms with E-state index < -0.39 is 0 Å². The Balaban J connectivity index is 1.35. The predicted octanol–water partition coefficient (Wildman–Crippen LogP) is 3.81. The SMILES string of the molecule is O=C([C@@H]1CCCN(Cc2ccco2)C1)N1CC=C(c2ccccc2)CC1. The molecule has 0 saturated carbocycles. The molecule has 4 nitrogen and oxygen atoms in total. The van der Waals surface area contributed by atoms with Gasteiger partial charge in [0, 0.05) is 19.6 Å². The number of benzene rings is 1. The highest BCUT2D eigenvalue weighted by molar-refractivity contribution is 5.80. The lowest BCUT2D eigenvalue weighted by Crippen LogP contribution is -2.45. The van der Waals surface area contributed by atoms with Gasteiger partial charge in [-0.3, -0.25) is 9.69 Å². The van der Waals surface area contributed by atoms with Crippen LogP contribution in [0.15, 0.2) is 59.2 Å².